The summed E-state index contributed by atoms with van der Waals surface area (Å²) >= 11 is 12.5. The Hall–Kier alpha value is -4.13. The zero-order valence-corrected chi connectivity index (χ0v) is 23.9. The quantitative estimate of drug-likeness (QED) is 0.305. The van der Waals surface area contributed by atoms with E-state index in [2.05, 4.69) is 20.2 Å². The molecule has 2 amide bonds. The molecule has 0 spiro atoms. The Kier molecular flexibility index (Phi) is 7.64. The average Bonchev–Trinajstić information content (AvgIpc) is 3.27. The first kappa shape index (κ1) is 28.4. The Morgan fingerprint density at radius 2 is 1.85 bits per heavy atom. The number of nitrogens with one attached hydrogen (secondary N) is 1. The summed E-state index contributed by atoms with van der Waals surface area (Å²) in [5.41, 5.74) is 6.12. The number of hydrogen-bond donors (Lipinski definition) is 3. The van der Waals surface area contributed by atoms with Crippen molar-refractivity contribution in [2.45, 2.75) is 32.5 Å². The minimum absolute atomic E-state index is 0.0813. The van der Waals surface area contributed by atoms with Crippen LogP contribution < -0.4 is 21.5 Å². The monoisotopic (exact) mass is 599 g/mol. The number of amides is 2. The third kappa shape index (κ3) is 5.33. The summed E-state index contributed by atoms with van der Waals surface area (Å²) in [5.74, 6) is -1.14. The number of halogens is 2. The van der Waals surface area contributed by atoms with Gasteiger partial charge in [-0.15, -0.1) is 0 Å². The number of nitrogens with two attached hydrogens (primary N) is 1. The first-order valence-electron chi connectivity index (χ1n) is 12.6. The first-order valence-corrected chi connectivity index (χ1v) is 13.4. The number of rotatable bonds is 6. The molecule has 12 nitrogen and oxygen atoms in total. The predicted octanol–water partition coefficient (Wildman–Crippen LogP) is 3.16. The lowest BCUT2D eigenvalue weighted by Crippen LogP contribution is -2.50. The van der Waals surface area contributed by atoms with E-state index in [4.69, 9.17) is 33.7 Å². The van der Waals surface area contributed by atoms with Gasteiger partial charge in [0.2, 0.25) is 5.91 Å². The second-order valence-electron chi connectivity index (χ2n) is 9.96. The highest BCUT2D eigenvalue weighted by Crippen LogP contribution is 2.36. The predicted molar refractivity (Wildman–Crippen MR) is 156 cm³/mol. The van der Waals surface area contributed by atoms with Gasteiger partial charge in [-0.2, -0.15) is 0 Å². The molecule has 0 unspecified atom stereocenters. The molecule has 4 heterocycles. The number of hydrogen-bond acceptors (Lipinski definition) is 8. The molecule has 4 aromatic rings. The van der Waals surface area contributed by atoms with Crippen LogP contribution in [0, 0.1) is 0 Å². The molecule has 0 saturated carbocycles. The lowest BCUT2D eigenvalue weighted by Gasteiger charge is -2.39. The maximum atomic E-state index is 13.3. The van der Waals surface area contributed by atoms with Gasteiger partial charge in [0.25, 0.3) is 11.5 Å². The molecule has 1 aliphatic rings. The molecule has 3 aromatic heterocycles. The van der Waals surface area contributed by atoms with Crippen molar-refractivity contribution >= 4 is 57.6 Å². The molecular formula is C27H27Cl2N7O5. The number of aromatic hydroxyl groups is 1. The van der Waals surface area contributed by atoms with Gasteiger partial charge in [-0.25, -0.2) is 9.97 Å². The Labute approximate surface area is 244 Å². The van der Waals surface area contributed by atoms with Crippen LogP contribution in [-0.2, 0) is 23.1 Å². The van der Waals surface area contributed by atoms with Crippen molar-refractivity contribution < 1.29 is 19.4 Å². The van der Waals surface area contributed by atoms with Gasteiger partial charge in [0.1, 0.15) is 23.8 Å². The van der Waals surface area contributed by atoms with E-state index in [0.29, 0.717) is 35.8 Å². The number of carbonyl (C=O) groups is 2. The molecule has 0 aliphatic carbocycles. The number of carbonyl (C=O) groups excluding carboxylic acids is 2. The van der Waals surface area contributed by atoms with E-state index in [-0.39, 0.29) is 50.8 Å². The van der Waals surface area contributed by atoms with Crippen LogP contribution >= 0.6 is 23.2 Å². The highest BCUT2D eigenvalue weighted by Gasteiger charge is 2.27. The third-order valence-corrected chi connectivity index (χ3v) is 7.53. The fraction of sp³-hybridized carbons (Fsp3) is 0.296. The van der Waals surface area contributed by atoms with Crippen molar-refractivity contribution in [3.05, 3.63) is 62.9 Å². The summed E-state index contributed by atoms with van der Waals surface area (Å²) in [4.78, 5) is 49.3. The van der Waals surface area contributed by atoms with Gasteiger partial charge < -0.3 is 34.9 Å². The number of primary amides is 1. The molecule has 0 bridgehead atoms. The van der Waals surface area contributed by atoms with E-state index >= 15 is 0 Å². The number of fused-ring (bicyclic) bond motifs is 1. The van der Waals surface area contributed by atoms with E-state index in [1.54, 1.807) is 19.3 Å². The summed E-state index contributed by atoms with van der Waals surface area (Å²) in [6, 6.07) is 4.62. The number of aryl methyl sites for hydroxylation is 1. The molecule has 1 fully saturated rings. The van der Waals surface area contributed by atoms with Gasteiger partial charge in [0.15, 0.2) is 0 Å². The highest BCUT2D eigenvalue weighted by atomic mass is 35.5. The van der Waals surface area contributed by atoms with E-state index in [0.717, 1.165) is 0 Å². The summed E-state index contributed by atoms with van der Waals surface area (Å²) < 4.78 is 8.40. The van der Waals surface area contributed by atoms with Gasteiger partial charge >= 0.3 is 0 Å². The molecule has 14 heteroatoms. The van der Waals surface area contributed by atoms with Crippen molar-refractivity contribution in [3.8, 4) is 16.9 Å². The topological polar surface area (TPSA) is 158 Å². The van der Waals surface area contributed by atoms with Gasteiger partial charge in [-0.3, -0.25) is 14.4 Å². The van der Waals surface area contributed by atoms with Crippen molar-refractivity contribution in [1.82, 2.24) is 19.1 Å². The Morgan fingerprint density at radius 1 is 1.15 bits per heavy atom. The van der Waals surface area contributed by atoms with E-state index in [1.807, 2.05) is 13.8 Å². The molecule has 2 atom stereocenters. The third-order valence-electron chi connectivity index (χ3n) is 6.94. The fourth-order valence-corrected chi connectivity index (χ4v) is 5.38. The summed E-state index contributed by atoms with van der Waals surface area (Å²) in [7, 11) is 1.54. The second-order valence-corrected chi connectivity index (χ2v) is 10.8. The number of pyridine rings is 1. The molecule has 1 aromatic carbocycles. The molecule has 1 saturated heterocycles. The number of phenols is 1. The van der Waals surface area contributed by atoms with Crippen molar-refractivity contribution in [2.75, 3.05) is 23.4 Å². The SMILES string of the molecule is C[C@@H]1COC[C@H](C)N1c1cc(NC(=O)Cn2cc(-c3cc(Cl)c(O)c(C(N)=O)c3)c3c(=O)n(C)cnc32)c(Cl)cn1. The van der Waals surface area contributed by atoms with Crippen LogP contribution in [0.25, 0.3) is 22.2 Å². The lowest BCUT2D eigenvalue weighted by molar-refractivity contribution is -0.116. The maximum absolute atomic E-state index is 13.3. The smallest absolute Gasteiger partial charge is 0.263 e. The molecular weight excluding hydrogens is 573 g/mol. The van der Waals surface area contributed by atoms with E-state index < -0.39 is 17.6 Å². The number of morpholine rings is 1. The van der Waals surface area contributed by atoms with Gasteiger partial charge in [-0.05, 0) is 31.5 Å². The highest BCUT2D eigenvalue weighted by molar-refractivity contribution is 6.34. The Morgan fingerprint density at radius 3 is 2.54 bits per heavy atom. The van der Waals surface area contributed by atoms with Gasteiger partial charge in [0, 0.05) is 24.9 Å². The summed E-state index contributed by atoms with van der Waals surface area (Å²) in [5, 5.41) is 13.3. The molecule has 0 radical (unpaired) electrons. The zero-order chi connectivity index (χ0) is 29.6. The summed E-state index contributed by atoms with van der Waals surface area (Å²) in [6.45, 7) is 4.95. The fourth-order valence-electron chi connectivity index (χ4n) is 5.01. The number of benzene rings is 1. The summed E-state index contributed by atoms with van der Waals surface area (Å²) in [6.07, 6.45) is 4.39. The Balaban J connectivity index is 1.51. The molecule has 1 aliphatic heterocycles. The van der Waals surface area contributed by atoms with Crippen LogP contribution in [0.2, 0.25) is 10.0 Å². The normalized spacial score (nSPS) is 17.1. The molecule has 4 N–H and O–H groups in total. The van der Waals surface area contributed by atoms with Crippen LogP contribution in [0.5, 0.6) is 5.75 Å². The standard InChI is InChI=1S/C27H27Cl2N7O5/c1-13-10-41-11-14(2)36(13)21-6-20(19(29)7-31-21)33-22(37)9-35-8-17(23-26(35)32-12-34(3)27(23)40)15-4-16(25(30)39)24(38)18(28)5-15/h4-8,12-14,38H,9-11H2,1-3H3,(H2,30,39)(H,31,33,37)/t13-,14+. The van der Waals surface area contributed by atoms with Crippen molar-refractivity contribution in [1.29, 1.82) is 0 Å². The minimum atomic E-state index is -0.894. The van der Waals surface area contributed by atoms with Crippen LogP contribution in [0.4, 0.5) is 11.5 Å². The number of ether oxygens (including phenoxy) is 1. The van der Waals surface area contributed by atoms with Crippen LogP contribution in [0.1, 0.15) is 24.2 Å². The average molecular weight is 600 g/mol. The van der Waals surface area contributed by atoms with Crippen LogP contribution in [0.3, 0.4) is 0 Å². The van der Waals surface area contributed by atoms with Crippen molar-refractivity contribution in [3.63, 3.8) is 0 Å². The van der Waals surface area contributed by atoms with Crippen molar-refractivity contribution in [2.24, 2.45) is 12.8 Å². The second kappa shape index (κ2) is 11.0. The van der Waals surface area contributed by atoms with Gasteiger partial charge in [-0.1, -0.05) is 23.2 Å². The molecule has 41 heavy (non-hydrogen) atoms. The maximum Gasteiger partial charge on any atom is 0.263 e. The Bertz CT molecular complexity index is 1740. The van der Waals surface area contributed by atoms with Crippen LogP contribution in [-0.4, -0.2) is 61.3 Å². The molecule has 5 rings (SSSR count). The van der Waals surface area contributed by atoms with E-state index in [9.17, 15) is 19.5 Å². The van der Waals surface area contributed by atoms with Crippen LogP contribution in [0.15, 0.2) is 41.7 Å². The minimum Gasteiger partial charge on any atom is -0.506 e. The number of nitrogens with zero attached hydrogens (tertiary/aromatic N) is 5. The number of anilines is 2. The lowest BCUT2D eigenvalue weighted by atomic mass is 10.0. The zero-order valence-electron chi connectivity index (χ0n) is 22.4. The first-order chi connectivity index (χ1) is 19.5. The largest absolute Gasteiger partial charge is 0.506 e. The molecule has 214 valence electrons. The number of aromatic nitrogens is 4. The van der Waals surface area contributed by atoms with Gasteiger partial charge in [0.05, 0.1) is 64.5 Å². The van der Waals surface area contributed by atoms with E-state index in [1.165, 1.54) is 33.8 Å².